The summed E-state index contributed by atoms with van der Waals surface area (Å²) in [5.41, 5.74) is 5.77. The molecule has 0 spiro atoms. The summed E-state index contributed by atoms with van der Waals surface area (Å²) >= 11 is 0. The maximum atomic E-state index is 11.8. The largest absolute Gasteiger partial charge is 0.466 e. The Balaban J connectivity index is 4.26. The molecular weight excluding hydrogens is 572 g/mol. The van der Waals surface area contributed by atoms with Crippen LogP contribution in [0.5, 0.6) is 0 Å². The first-order chi connectivity index (χ1) is 22.6. The molecule has 6 heteroatoms. The van der Waals surface area contributed by atoms with Gasteiger partial charge in [0.05, 0.1) is 12.7 Å². The van der Waals surface area contributed by atoms with Crippen molar-refractivity contribution in [1.82, 2.24) is 4.90 Å². The maximum absolute atomic E-state index is 11.8. The van der Waals surface area contributed by atoms with Crippen LogP contribution in [0.25, 0.3) is 0 Å². The second-order valence-corrected chi connectivity index (χ2v) is 14.0. The third kappa shape index (κ3) is 33.2. The number of hydrogen-bond donors (Lipinski definition) is 2. The fourth-order valence-corrected chi connectivity index (χ4v) is 6.27. The lowest BCUT2D eigenvalue weighted by molar-refractivity contribution is -0.144. The number of ether oxygens (including phenoxy) is 2. The highest BCUT2D eigenvalue weighted by molar-refractivity contribution is 5.69. The van der Waals surface area contributed by atoms with Crippen LogP contribution in [0.2, 0.25) is 0 Å². The fraction of sp³-hybridized carbons (Fsp3) is 0.975. The van der Waals surface area contributed by atoms with E-state index in [1.54, 1.807) is 0 Å². The molecular formula is C40H82N2O4. The van der Waals surface area contributed by atoms with E-state index in [2.05, 4.69) is 25.7 Å². The van der Waals surface area contributed by atoms with E-state index in [1.165, 1.54) is 103 Å². The minimum atomic E-state index is -0.626. The van der Waals surface area contributed by atoms with Crippen LogP contribution in [0.3, 0.4) is 0 Å². The first-order valence-corrected chi connectivity index (χ1v) is 20.5. The number of nitrogens with two attached hydrogens (primary N) is 1. The molecule has 1 unspecified atom stereocenters. The molecule has 1 atom stereocenters. The van der Waals surface area contributed by atoms with Crippen LogP contribution in [-0.2, 0) is 14.3 Å². The molecule has 0 aliphatic carbocycles. The topological polar surface area (TPSA) is 85.0 Å². The molecule has 0 rings (SSSR count). The summed E-state index contributed by atoms with van der Waals surface area (Å²) in [6, 6.07) is 0. The Kier molecular flexibility index (Phi) is 36.6. The number of aliphatic hydroxyl groups is 1. The molecule has 0 amide bonds. The molecule has 0 saturated heterocycles. The van der Waals surface area contributed by atoms with Crippen LogP contribution in [0.4, 0.5) is 0 Å². The van der Waals surface area contributed by atoms with Gasteiger partial charge in [0.25, 0.3) is 0 Å². The number of nitrogens with zero attached hydrogens (tertiary/aromatic N) is 1. The summed E-state index contributed by atoms with van der Waals surface area (Å²) in [6.45, 7) is 11.4. The first-order valence-electron chi connectivity index (χ1n) is 20.5. The monoisotopic (exact) mass is 655 g/mol. The lowest BCUT2D eigenvalue weighted by Gasteiger charge is -2.24. The summed E-state index contributed by atoms with van der Waals surface area (Å²) in [5.74, 6) is -0.0237. The molecule has 0 aliphatic heterocycles. The number of carbonyl (C=O) groups is 1. The number of esters is 1. The Morgan fingerprint density at radius 1 is 0.565 bits per heavy atom. The predicted octanol–water partition coefficient (Wildman–Crippen LogP) is 10.9. The van der Waals surface area contributed by atoms with Gasteiger partial charge in [0, 0.05) is 6.42 Å². The third-order valence-corrected chi connectivity index (χ3v) is 9.33. The summed E-state index contributed by atoms with van der Waals surface area (Å²) < 4.78 is 11.6. The van der Waals surface area contributed by atoms with Gasteiger partial charge in [-0.3, -0.25) is 4.79 Å². The minimum Gasteiger partial charge on any atom is -0.466 e. The Morgan fingerprint density at radius 2 is 1.00 bits per heavy atom. The van der Waals surface area contributed by atoms with Gasteiger partial charge in [-0.05, 0) is 90.4 Å². The second-order valence-electron chi connectivity index (χ2n) is 14.0. The van der Waals surface area contributed by atoms with Crippen molar-refractivity contribution in [3.63, 3.8) is 0 Å². The van der Waals surface area contributed by atoms with Crippen LogP contribution in [-0.4, -0.2) is 61.2 Å². The number of hydrogen-bond acceptors (Lipinski definition) is 6. The minimum absolute atomic E-state index is 0.0237. The Morgan fingerprint density at radius 3 is 1.57 bits per heavy atom. The van der Waals surface area contributed by atoms with Crippen molar-refractivity contribution < 1.29 is 19.4 Å². The Labute approximate surface area is 287 Å². The van der Waals surface area contributed by atoms with Gasteiger partial charge < -0.3 is 25.2 Å². The predicted molar refractivity (Wildman–Crippen MR) is 198 cm³/mol. The van der Waals surface area contributed by atoms with E-state index in [0.717, 1.165) is 103 Å². The van der Waals surface area contributed by atoms with Crippen molar-refractivity contribution >= 4 is 5.97 Å². The quantitative estimate of drug-likeness (QED) is 0.0391. The van der Waals surface area contributed by atoms with Crippen molar-refractivity contribution in [2.45, 2.75) is 219 Å². The molecule has 0 bridgehead atoms. The molecule has 0 aromatic heterocycles. The van der Waals surface area contributed by atoms with E-state index in [1.807, 2.05) is 0 Å². The zero-order valence-electron chi connectivity index (χ0n) is 31.4. The van der Waals surface area contributed by atoms with Gasteiger partial charge in [-0.25, -0.2) is 0 Å². The highest BCUT2D eigenvalue weighted by Gasteiger charge is 2.15. The molecule has 0 saturated carbocycles. The smallest absolute Gasteiger partial charge is 0.305 e. The lowest BCUT2D eigenvalue weighted by Crippen LogP contribution is -2.28. The van der Waals surface area contributed by atoms with Gasteiger partial charge in [-0.15, -0.1) is 0 Å². The summed E-state index contributed by atoms with van der Waals surface area (Å²) in [7, 11) is 0. The maximum Gasteiger partial charge on any atom is 0.305 e. The second kappa shape index (κ2) is 37.1. The van der Waals surface area contributed by atoms with E-state index in [-0.39, 0.29) is 12.1 Å². The standard InChI is InChI=1S/C40H82N2O4/c1-4-7-10-12-16-20-29-38(30-21-17-13-11-8-5-2)46-40(44)32-23-26-35-42(36-27-24-33-41)34-25-19-15-14-18-22-31-39(43)45-37-28-9-6-3/h38,40,44H,4-37,41H2,1-3H3. The molecule has 6 nitrogen and oxygen atoms in total. The van der Waals surface area contributed by atoms with Crippen molar-refractivity contribution in [2.75, 3.05) is 32.8 Å². The van der Waals surface area contributed by atoms with Gasteiger partial charge in [-0.1, -0.05) is 136 Å². The molecule has 0 aromatic carbocycles. The number of aliphatic hydroxyl groups excluding tert-OH is 1. The van der Waals surface area contributed by atoms with Crippen molar-refractivity contribution in [1.29, 1.82) is 0 Å². The molecule has 0 aromatic rings. The third-order valence-electron chi connectivity index (χ3n) is 9.33. The zero-order valence-corrected chi connectivity index (χ0v) is 31.4. The van der Waals surface area contributed by atoms with Crippen molar-refractivity contribution in [3.8, 4) is 0 Å². The Bertz CT molecular complexity index is 590. The molecule has 0 fully saturated rings. The molecule has 46 heavy (non-hydrogen) atoms. The summed E-state index contributed by atoms with van der Waals surface area (Å²) in [5, 5.41) is 10.8. The van der Waals surface area contributed by atoms with Crippen LogP contribution in [0, 0.1) is 0 Å². The molecule has 0 heterocycles. The lowest BCUT2D eigenvalue weighted by atomic mass is 10.0. The highest BCUT2D eigenvalue weighted by atomic mass is 16.6. The average Bonchev–Trinajstić information content (AvgIpc) is 3.05. The molecule has 0 radical (unpaired) electrons. The van der Waals surface area contributed by atoms with Crippen molar-refractivity contribution in [2.24, 2.45) is 5.73 Å². The van der Waals surface area contributed by atoms with Crippen LogP contribution >= 0.6 is 0 Å². The zero-order chi connectivity index (χ0) is 33.8. The van der Waals surface area contributed by atoms with E-state index in [0.29, 0.717) is 13.0 Å². The van der Waals surface area contributed by atoms with Crippen LogP contribution in [0.15, 0.2) is 0 Å². The van der Waals surface area contributed by atoms with Gasteiger partial charge >= 0.3 is 5.97 Å². The van der Waals surface area contributed by atoms with E-state index < -0.39 is 6.29 Å². The number of rotatable bonds is 38. The SMILES string of the molecule is CCCCCCCCC(CCCCCCCC)OC(O)CCCCN(CCCCN)CCCCCCCCC(=O)OCCCCC. The number of unbranched alkanes of at least 4 members (excludes halogenated alkanes) is 19. The molecule has 276 valence electrons. The van der Waals surface area contributed by atoms with Gasteiger partial charge in [0.1, 0.15) is 0 Å². The van der Waals surface area contributed by atoms with Gasteiger partial charge in [-0.2, -0.15) is 0 Å². The highest BCUT2D eigenvalue weighted by Crippen LogP contribution is 2.19. The normalized spacial score (nSPS) is 12.4. The average molecular weight is 655 g/mol. The first kappa shape index (κ1) is 45.3. The van der Waals surface area contributed by atoms with E-state index >= 15 is 0 Å². The summed E-state index contributed by atoms with van der Waals surface area (Å²) in [6.07, 6.45) is 33.4. The molecule has 3 N–H and O–H groups in total. The molecule has 0 aliphatic rings. The Hall–Kier alpha value is -0.690. The van der Waals surface area contributed by atoms with Gasteiger partial charge in [0.15, 0.2) is 6.29 Å². The summed E-state index contributed by atoms with van der Waals surface area (Å²) in [4.78, 5) is 14.4. The van der Waals surface area contributed by atoms with Crippen LogP contribution < -0.4 is 5.73 Å². The number of carbonyl (C=O) groups excluding carboxylic acids is 1. The fourth-order valence-electron chi connectivity index (χ4n) is 6.27. The van der Waals surface area contributed by atoms with E-state index in [4.69, 9.17) is 15.2 Å². The van der Waals surface area contributed by atoms with E-state index in [9.17, 15) is 9.90 Å². The van der Waals surface area contributed by atoms with Crippen LogP contribution in [0.1, 0.15) is 207 Å². The van der Waals surface area contributed by atoms with Crippen molar-refractivity contribution in [3.05, 3.63) is 0 Å². The van der Waals surface area contributed by atoms with Gasteiger partial charge in [0.2, 0.25) is 0 Å².